The normalized spacial score (nSPS) is 27.6. The molecule has 1 aromatic rings. The van der Waals surface area contributed by atoms with Crippen LogP contribution >= 0.6 is 11.3 Å². The van der Waals surface area contributed by atoms with Crippen LogP contribution in [0.4, 0.5) is 0 Å². The van der Waals surface area contributed by atoms with Crippen LogP contribution in [0.2, 0.25) is 0 Å². The van der Waals surface area contributed by atoms with E-state index in [1.165, 1.54) is 41.4 Å². The molecule has 1 aliphatic heterocycles. The number of likely N-dealkylation sites (tertiary alicyclic amines) is 1. The van der Waals surface area contributed by atoms with Crippen LogP contribution in [0.15, 0.2) is 0 Å². The lowest BCUT2D eigenvalue weighted by Gasteiger charge is -2.30. The summed E-state index contributed by atoms with van der Waals surface area (Å²) in [6.07, 6.45) is 4.94. The fourth-order valence-electron chi connectivity index (χ4n) is 3.21. The van der Waals surface area contributed by atoms with Gasteiger partial charge in [0.25, 0.3) is 0 Å². The van der Waals surface area contributed by atoms with Crippen LogP contribution in [-0.4, -0.2) is 35.1 Å². The number of nitrogens with zero attached hydrogens (tertiary/aromatic N) is 2. The van der Waals surface area contributed by atoms with E-state index in [1.807, 2.05) is 11.3 Å². The fraction of sp³-hybridized carbons (Fsp3) is 0.812. The number of hydrogen-bond donors (Lipinski definition) is 1. The molecule has 0 bridgehead atoms. The van der Waals surface area contributed by atoms with E-state index >= 15 is 0 Å². The van der Waals surface area contributed by atoms with Crippen LogP contribution in [0.1, 0.15) is 55.6 Å². The van der Waals surface area contributed by atoms with Gasteiger partial charge in [0.2, 0.25) is 0 Å². The zero-order chi connectivity index (χ0) is 14.3. The number of hydrogen-bond acceptors (Lipinski definition) is 4. The van der Waals surface area contributed by atoms with Crippen molar-refractivity contribution in [2.45, 2.75) is 71.0 Å². The van der Waals surface area contributed by atoms with E-state index in [-0.39, 0.29) is 5.54 Å². The summed E-state index contributed by atoms with van der Waals surface area (Å²) < 4.78 is 0. The molecular formula is C16H27N3S. The van der Waals surface area contributed by atoms with E-state index in [0.717, 1.165) is 19.0 Å². The Morgan fingerprint density at radius 3 is 2.70 bits per heavy atom. The molecule has 1 saturated heterocycles. The van der Waals surface area contributed by atoms with Gasteiger partial charge in [0.15, 0.2) is 0 Å². The van der Waals surface area contributed by atoms with Crippen LogP contribution in [-0.2, 0) is 12.0 Å². The van der Waals surface area contributed by atoms with E-state index in [4.69, 9.17) is 4.98 Å². The smallest absolute Gasteiger partial charge is 0.115 e. The summed E-state index contributed by atoms with van der Waals surface area (Å²) in [7, 11) is 0. The molecule has 1 atom stereocenters. The van der Waals surface area contributed by atoms with Crippen molar-refractivity contribution in [3.05, 3.63) is 15.6 Å². The molecule has 20 heavy (non-hydrogen) atoms. The van der Waals surface area contributed by atoms with Crippen molar-refractivity contribution in [3.8, 4) is 0 Å². The average molecular weight is 293 g/mol. The van der Waals surface area contributed by atoms with Crippen molar-refractivity contribution in [3.63, 3.8) is 0 Å². The van der Waals surface area contributed by atoms with Gasteiger partial charge in [-0.3, -0.25) is 4.90 Å². The Kier molecular flexibility index (Phi) is 3.91. The minimum Gasteiger partial charge on any atom is -0.301 e. The van der Waals surface area contributed by atoms with Crippen molar-refractivity contribution in [1.29, 1.82) is 0 Å². The third-order valence-corrected chi connectivity index (χ3v) is 5.94. The maximum absolute atomic E-state index is 4.99. The number of rotatable bonds is 5. The Bertz CT molecular complexity index is 478. The second-order valence-corrected chi connectivity index (χ2v) is 7.89. The molecule has 1 aromatic heterocycles. The topological polar surface area (TPSA) is 28.2 Å². The number of thiazole rings is 1. The molecule has 2 heterocycles. The van der Waals surface area contributed by atoms with Crippen molar-refractivity contribution in [1.82, 2.24) is 15.2 Å². The highest BCUT2D eigenvalue weighted by Crippen LogP contribution is 2.39. The second-order valence-electron chi connectivity index (χ2n) is 6.69. The van der Waals surface area contributed by atoms with Crippen LogP contribution < -0.4 is 5.32 Å². The lowest BCUT2D eigenvalue weighted by Crippen LogP contribution is -2.46. The van der Waals surface area contributed by atoms with Gasteiger partial charge in [0, 0.05) is 30.1 Å². The highest BCUT2D eigenvalue weighted by Gasteiger charge is 2.45. The molecule has 1 unspecified atom stereocenters. The maximum atomic E-state index is 4.99. The minimum atomic E-state index is 0.119. The predicted molar refractivity (Wildman–Crippen MR) is 85.4 cm³/mol. The van der Waals surface area contributed by atoms with Crippen LogP contribution in [0, 0.1) is 6.92 Å². The Morgan fingerprint density at radius 1 is 1.45 bits per heavy atom. The van der Waals surface area contributed by atoms with Gasteiger partial charge in [0.05, 0.1) is 11.2 Å². The Labute approximate surface area is 126 Å². The molecule has 3 rings (SSSR count). The molecule has 2 fully saturated rings. The molecule has 4 heteroatoms. The zero-order valence-corrected chi connectivity index (χ0v) is 14.0. The summed E-state index contributed by atoms with van der Waals surface area (Å²) in [5, 5.41) is 5.27. The lowest BCUT2D eigenvalue weighted by atomic mass is 9.99. The molecule has 0 radical (unpaired) electrons. The van der Waals surface area contributed by atoms with Gasteiger partial charge < -0.3 is 5.32 Å². The molecule has 1 N–H and O–H groups in total. The summed E-state index contributed by atoms with van der Waals surface area (Å²) in [6, 6.07) is 1.36. The van der Waals surface area contributed by atoms with Gasteiger partial charge in [-0.25, -0.2) is 4.98 Å². The van der Waals surface area contributed by atoms with Crippen molar-refractivity contribution >= 4 is 11.3 Å². The second kappa shape index (κ2) is 5.39. The maximum Gasteiger partial charge on any atom is 0.115 e. The summed E-state index contributed by atoms with van der Waals surface area (Å²) in [5.41, 5.74) is 1.42. The molecular weight excluding hydrogens is 266 g/mol. The van der Waals surface area contributed by atoms with Crippen molar-refractivity contribution in [2.24, 2.45) is 0 Å². The number of aromatic nitrogens is 1. The summed E-state index contributed by atoms with van der Waals surface area (Å²) in [5.74, 6) is 0. The van der Waals surface area contributed by atoms with E-state index in [9.17, 15) is 0 Å². The molecule has 1 saturated carbocycles. The predicted octanol–water partition coefficient (Wildman–Crippen LogP) is 3.08. The van der Waals surface area contributed by atoms with Gasteiger partial charge >= 0.3 is 0 Å². The highest BCUT2D eigenvalue weighted by atomic mass is 32.1. The highest BCUT2D eigenvalue weighted by molar-refractivity contribution is 7.11. The lowest BCUT2D eigenvalue weighted by molar-refractivity contribution is 0.238. The minimum absolute atomic E-state index is 0.119. The Balaban J connectivity index is 1.89. The zero-order valence-electron chi connectivity index (χ0n) is 13.2. The quantitative estimate of drug-likeness (QED) is 0.904. The Morgan fingerprint density at radius 2 is 2.20 bits per heavy atom. The molecule has 2 aliphatic rings. The van der Waals surface area contributed by atoms with E-state index < -0.39 is 0 Å². The van der Waals surface area contributed by atoms with Gasteiger partial charge in [-0.15, -0.1) is 11.3 Å². The first-order valence-corrected chi connectivity index (χ1v) is 8.84. The Hall–Kier alpha value is -0.450. The third-order valence-electron chi connectivity index (χ3n) is 4.72. The third kappa shape index (κ3) is 2.66. The summed E-state index contributed by atoms with van der Waals surface area (Å²) >= 11 is 1.92. The van der Waals surface area contributed by atoms with Crippen molar-refractivity contribution in [2.75, 3.05) is 13.1 Å². The van der Waals surface area contributed by atoms with E-state index in [2.05, 4.69) is 37.9 Å². The van der Waals surface area contributed by atoms with E-state index in [0.29, 0.717) is 6.04 Å². The average Bonchev–Trinajstić information content (AvgIpc) is 2.97. The van der Waals surface area contributed by atoms with Crippen molar-refractivity contribution < 1.29 is 0 Å². The molecule has 1 aliphatic carbocycles. The van der Waals surface area contributed by atoms with Crippen LogP contribution in [0.5, 0.6) is 0 Å². The largest absolute Gasteiger partial charge is 0.301 e. The van der Waals surface area contributed by atoms with Gasteiger partial charge in [0.1, 0.15) is 5.01 Å². The van der Waals surface area contributed by atoms with Gasteiger partial charge in [-0.2, -0.15) is 0 Å². The first-order valence-electron chi connectivity index (χ1n) is 8.02. The molecule has 112 valence electrons. The fourth-order valence-corrected chi connectivity index (χ4v) is 4.39. The first kappa shape index (κ1) is 14.5. The van der Waals surface area contributed by atoms with Gasteiger partial charge in [-0.1, -0.05) is 6.92 Å². The summed E-state index contributed by atoms with van der Waals surface area (Å²) in [6.45, 7) is 11.4. The molecule has 0 aromatic carbocycles. The van der Waals surface area contributed by atoms with Gasteiger partial charge in [-0.05, 0) is 46.5 Å². The number of aryl methyl sites for hydroxylation is 2. The monoisotopic (exact) mass is 293 g/mol. The summed E-state index contributed by atoms with van der Waals surface area (Å²) in [4.78, 5) is 8.99. The standard InChI is InChI=1S/C16H27N3S/c1-5-14-12(4)20-15(17-14)16(18-13-6-7-13)8-9-19(10-16)11(2)3/h11,13,18H,5-10H2,1-4H3. The van der Waals surface area contributed by atoms with E-state index in [1.54, 1.807) is 0 Å². The number of nitrogens with one attached hydrogen (secondary N) is 1. The molecule has 0 amide bonds. The SMILES string of the molecule is CCc1nc(C2(NC3CC3)CCN(C(C)C)C2)sc1C. The first-order chi connectivity index (χ1) is 9.54. The van der Waals surface area contributed by atoms with Crippen LogP contribution in [0.25, 0.3) is 0 Å². The molecule has 3 nitrogen and oxygen atoms in total. The van der Waals surface area contributed by atoms with Crippen LogP contribution in [0.3, 0.4) is 0 Å². The molecule has 0 spiro atoms.